The number of ketones is 1. The molecule has 0 saturated heterocycles. The molecule has 2 N–H and O–H groups in total. The summed E-state index contributed by atoms with van der Waals surface area (Å²) in [6.45, 7) is 2.07. The number of pyridine rings is 1. The van der Waals surface area contributed by atoms with Crippen LogP contribution in [0.1, 0.15) is 22.8 Å². The van der Waals surface area contributed by atoms with Gasteiger partial charge >= 0.3 is 6.03 Å². The number of aromatic nitrogens is 3. The lowest BCUT2D eigenvalue weighted by Crippen LogP contribution is -2.19. The lowest BCUT2D eigenvalue weighted by Gasteiger charge is -2.07. The van der Waals surface area contributed by atoms with E-state index in [1.165, 1.54) is 6.92 Å². The zero-order chi connectivity index (χ0) is 17.6. The van der Waals surface area contributed by atoms with Gasteiger partial charge < -0.3 is 10.6 Å². The number of amides is 2. The smallest absolute Gasteiger partial charge is 0.308 e. The summed E-state index contributed by atoms with van der Waals surface area (Å²) in [4.78, 5) is 27.4. The van der Waals surface area contributed by atoms with Crippen molar-refractivity contribution >= 4 is 23.2 Å². The van der Waals surface area contributed by atoms with Crippen molar-refractivity contribution in [2.24, 2.45) is 0 Å². The molecule has 1 aromatic carbocycles. The molecule has 0 unspecified atom stereocenters. The Morgan fingerprint density at radius 3 is 2.60 bits per heavy atom. The maximum absolute atomic E-state index is 12.1. The Balaban J connectivity index is 1.60. The highest BCUT2D eigenvalue weighted by Gasteiger charge is 2.07. The second-order valence-corrected chi connectivity index (χ2v) is 5.50. The molecular formula is C18H17N5O2. The molecule has 0 spiro atoms. The molecule has 7 heteroatoms. The Morgan fingerprint density at radius 1 is 1.08 bits per heavy atom. The van der Waals surface area contributed by atoms with Crippen LogP contribution in [0.5, 0.6) is 0 Å². The summed E-state index contributed by atoms with van der Waals surface area (Å²) in [5, 5.41) is 9.63. The molecule has 0 aliphatic carbocycles. The van der Waals surface area contributed by atoms with Gasteiger partial charge in [-0.05, 0) is 36.8 Å². The molecule has 2 heterocycles. The van der Waals surface area contributed by atoms with E-state index in [9.17, 15) is 9.59 Å². The minimum Gasteiger partial charge on any atom is -0.308 e. The number of rotatable bonds is 5. The van der Waals surface area contributed by atoms with E-state index in [4.69, 9.17) is 0 Å². The summed E-state index contributed by atoms with van der Waals surface area (Å²) in [6, 6.07) is 10.2. The summed E-state index contributed by atoms with van der Waals surface area (Å²) in [6.07, 6.45) is 6.76. The molecule has 0 radical (unpaired) electrons. The fourth-order valence-corrected chi connectivity index (χ4v) is 2.30. The summed E-state index contributed by atoms with van der Waals surface area (Å²) >= 11 is 0. The number of nitrogens with one attached hydrogen (secondary N) is 2. The van der Waals surface area contributed by atoms with Crippen LogP contribution in [0.2, 0.25) is 0 Å². The van der Waals surface area contributed by atoms with Crippen LogP contribution in [0, 0.1) is 0 Å². The van der Waals surface area contributed by atoms with Crippen molar-refractivity contribution in [3.05, 3.63) is 72.3 Å². The van der Waals surface area contributed by atoms with Gasteiger partial charge in [-0.2, -0.15) is 5.10 Å². The van der Waals surface area contributed by atoms with Crippen LogP contribution in [-0.2, 0) is 6.54 Å². The Bertz CT molecular complexity index is 889. The lowest BCUT2D eigenvalue weighted by atomic mass is 10.1. The average Bonchev–Trinajstić information content (AvgIpc) is 3.02. The molecule has 3 aromatic rings. The maximum Gasteiger partial charge on any atom is 0.323 e. The molecule has 0 aliphatic heterocycles. The highest BCUT2D eigenvalue weighted by molar-refractivity contribution is 6.01. The van der Waals surface area contributed by atoms with Gasteiger partial charge in [0.2, 0.25) is 0 Å². The fraction of sp³-hybridized carbons (Fsp3) is 0.111. The average molecular weight is 335 g/mol. The largest absolute Gasteiger partial charge is 0.323 e. The van der Waals surface area contributed by atoms with Crippen LogP contribution in [0.4, 0.5) is 16.2 Å². The Hall–Kier alpha value is -3.48. The van der Waals surface area contributed by atoms with Crippen molar-refractivity contribution < 1.29 is 9.59 Å². The molecule has 3 rings (SSSR count). The van der Waals surface area contributed by atoms with E-state index in [1.807, 2.05) is 12.1 Å². The molecule has 0 atom stereocenters. The molecular weight excluding hydrogens is 318 g/mol. The van der Waals surface area contributed by atoms with Crippen molar-refractivity contribution in [3.63, 3.8) is 0 Å². The molecule has 2 amide bonds. The van der Waals surface area contributed by atoms with E-state index in [2.05, 4.69) is 20.7 Å². The summed E-state index contributed by atoms with van der Waals surface area (Å²) < 4.78 is 1.72. The number of carbonyl (C=O) groups is 2. The number of benzene rings is 1. The first-order valence-electron chi connectivity index (χ1n) is 7.70. The highest BCUT2D eigenvalue weighted by Crippen LogP contribution is 2.13. The number of hydrogen-bond acceptors (Lipinski definition) is 4. The number of urea groups is 1. The van der Waals surface area contributed by atoms with Gasteiger partial charge in [-0.15, -0.1) is 0 Å². The van der Waals surface area contributed by atoms with Gasteiger partial charge in [0.1, 0.15) is 0 Å². The summed E-state index contributed by atoms with van der Waals surface area (Å²) in [5.41, 5.74) is 2.74. The maximum atomic E-state index is 12.1. The molecule has 0 saturated carbocycles. The Morgan fingerprint density at radius 2 is 1.84 bits per heavy atom. The van der Waals surface area contributed by atoms with Crippen LogP contribution >= 0.6 is 0 Å². The SMILES string of the molecule is CC(=O)c1cccc(NC(=O)Nc2cnn(Cc3ccncc3)c2)c1. The third kappa shape index (κ3) is 4.51. The van der Waals surface area contributed by atoms with Crippen molar-refractivity contribution in [2.75, 3.05) is 10.6 Å². The van der Waals surface area contributed by atoms with E-state index in [0.717, 1.165) is 5.56 Å². The number of nitrogens with zero attached hydrogens (tertiary/aromatic N) is 3. The van der Waals surface area contributed by atoms with Gasteiger partial charge in [-0.3, -0.25) is 14.5 Å². The second-order valence-electron chi connectivity index (χ2n) is 5.50. The van der Waals surface area contributed by atoms with Gasteiger partial charge in [0.05, 0.1) is 18.4 Å². The van der Waals surface area contributed by atoms with Gasteiger partial charge in [-0.1, -0.05) is 12.1 Å². The first-order valence-corrected chi connectivity index (χ1v) is 7.70. The van der Waals surface area contributed by atoms with Crippen LogP contribution in [0.25, 0.3) is 0 Å². The van der Waals surface area contributed by atoms with E-state index in [0.29, 0.717) is 23.5 Å². The van der Waals surface area contributed by atoms with Crippen LogP contribution < -0.4 is 10.6 Å². The van der Waals surface area contributed by atoms with E-state index in [-0.39, 0.29) is 5.78 Å². The monoisotopic (exact) mass is 335 g/mol. The molecule has 25 heavy (non-hydrogen) atoms. The van der Waals surface area contributed by atoms with Crippen molar-refractivity contribution in [3.8, 4) is 0 Å². The first-order chi connectivity index (χ1) is 12.1. The van der Waals surface area contributed by atoms with Crippen LogP contribution in [0.3, 0.4) is 0 Å². The Labute approximate surface area is 144 Å². The number of hydrogen-bond donors (Lipinski definition) is 2. The predicted molar refractivity (Wildman–Crippen MR) is 94.7 cm³/mol. The highest BCUT2D eigenvalue weighted by atomic mass is 16.2. The fourth-order valence-electron chi connectivity index (χ4n) is 2.30. The van der Waals surface area contributed by atoms with Gasteiger partial charge in [-0.25, -0.2) is 4.79 Å². The third-order valence-corrected chi connectivity index (χ3v) is 3.51. The third-order valence-electron chi connectivity index (χ3n) is 3.51. The minimum absolute atomic E-state index is 0.0542. The zero-order valence-corrected chi connectivity index (χ0v) is 13.6. The molecule has 126 valence electrons. The minimum atomic E-state index is -0.399. The number of anilines is 2. The van der Waals surface area contributed by atoms with Crippen LogP contribution in [0.15, 0.2) is 61.2 Å². The molecule has 0 fully saturated rings. The normalized spacial score (nSPS) is 10.3. The lowest BCUT2D eigenvalue weighted by molar-refractivity contribution is 0.101. The van der Waals surface area contributed by atoms with Crippen LogP contribution in [-0.4, -0.2) is 26.6 Å². The van der Waals surface area contributed by atoms with Gasteiger partial charge in [0.25, 0.3) is 0 Å². The summed E-state index contributed by atoms with van der Waals surface area (Å²) in [7, 11) is 0. The quantitative estimate of drug-likeness (QED) is 0.701. The van der Waals surface area contributed by atoms with Gasteiger partial charge in [0, 0.05) is 29.8 Å². The standard InChI is InChI=1S/C18H17N5O2/c1-13(24)15-3-2-4-16(9-15)21-18(25)22-17-10-20-23(12-17)11-14-5-7-19-8-6-14/h2-10,12H,11H2,1H3,(H2,21,22,25). The molecule has 0 bridgehead atoms. The predicted octanol–water partition coefficient (Wildman–Crippen LogP) is 3.17. The van der Waals surface area contributed by atoms with Crippen molar-refractivity contribution in [2.45, 2.75) is 13.5 Å². The topological polar surface area (TPSA) is 88.9 Å². The molecule has 0 aliphatic rings. The van der Waals surface area contributed by atoms with E-state index in [1.54, 1.807) is 53.7 Å². The van der Waals surface area contributed by atoms with Crippen molar-refractivity contribution in [1.82, 2.24) is 14.8 Å². The zero-order valence-electron chi connectivity index (χ0n) is 13.6. The first kappa shape index (κ1) is 16.4. The number of carbonyl (C=O) groups excluding carboxylic acids is 2. The van der Waals surface area contributed by atoms with E-state index < -0.39 is 6.03 Å². The molecule has 2 aromatic heterocycles. The van der Waals surface area contributed by atoms with Gasteiger partial charge in [0.15, 0.2) is 5.78 Å². The number of Topliss-reactive ketones (excluding diaryl/α,β-unsaturated/α-hetero) is 1. The Kier molecular flexibility index (Phi) is 4.84. The summed E-state index contributed by atoms with van der Waals surface area (Å²) in [5.74, 6) is -0.0542. The van der Waals surface area contributed by atoms with Crippen molar-refractivity contribution in [1.29, 1.82) is 0 Å². The second kappa shape index (κ2) is 7.39. The van der Waals surface area contributed by atoms with E-state index >= 15 is 0 Å². The molecule has 7 nitrogen and oxygen atoms in total.